The van der Waals surface area contributed by atoms with Gasteiger partial charge in [-0.1, -0.05) is 53.6 Å². The highest BCUT2D eigenvalue weighted by Gasteiger charge is 2.20. The number of nitrogens with zero attached hydrogens (tertiary/aromatic N) is 7. The van der Waals surface area contributed by atoms with Crippen LogP contribution >= 0.6 is 11.6 Å². The van der Waals surface area contributed by atoms with Gasteiger partial charge in [-0.25, -0.2) is 4.98 Å². The number of para-hydroxylation sites is 1. The van der Waals surface area contributed by atoms with Gasteiger partial charge in [0.25, 0.3) is 0 Å². The quantitative estimate of drug-likeness (QED) is 0.366. The number of anilines is 4. The normalized spacial score (nSPS) is 14.1. The Morgan fingerprint density at radius 1 is 0.919 bits per heavy atom. The number of benzene rings is 2. The summed E-state index contributed by atoms with van der Waals surface area (Å²) in [4.78, 5) is 23.5. The third kappa shape index (κ3) is 5.68. The van der Waals surface area contributed by atoms with Gasteiger partial charge in [-0.3, -0.25) is 5.32 Å². The van der Waals surface area contributed by atoms with Crippen LogP contribution < -0.4 is 15.5 Å². The van der Waals surface area contributed by atoms with Gasteiger partial charge in [-0.2, -0.15) is 15.0 Å². The van der Waals surface area contributed by atoms with Crippen LogP contribution in [0, 0.1) is 13.8 Å². The van der Waals surface area contributed by atoms with E-state index < -0.39 is 0 Å². The van der Waals surface area contributed by atoms with Crippen LogP contribution in [-0.2, 0) is 13.6 Å². The Morgan fingerprint density at radius 3 is 2.41 bits per heavy atom. The van der Waals surface area contributed by atoms with Crippen molar-refractivity contribution in [3.05, 3.63) is 70.5 Å². The summed E-state index contributed by atoms with van der Waals surface area (Å²) in [5, 5.41) is 7.46. The lowest BCUT2D eigenvalue weighted by Crippen LogP contribution is -2.45. The number of aromatic nitrogens is 5. The minimum atomic E-state index is 0.467. The number of nitrogens with one attached hydrogen (secondary N) is 2. The molecule has 2 N–H and O–H groups in total. The molecule has 0 amide bonds. The predicted molar refractivity (Wildman–Crippen MR) is 150 cm³/mol. The van der Waals surface area contributed by atoms with E-state index in [-0.39, 0.29) is 0 Å². The van der Waals surface area contributed by atoms with Crippen LogP contribution in [0.3, 0.4) is 0 Å². The summed E-state index contributed by atoms with van der Waals surface area (Å²) in [6, 6.07) is 14.1. The van der Waals surface area contributed by atoms with Gasteiger partial charge in [0, 0.05) is 38.8 Å². The fourth-order valence-corrected chi connectivity index (χ4v) is 4.55. The van der Waals surface area contributed by atoms with E-state index in [1.807, 2.05) is 55.1 Å². The van der Waals surface area contributed by atoms with Crippen LogP contribution in [0.4, 0.5) is 23.5 Å². The topological polar surface area (TPSA) is 87.0 Å². The van der Waals surface area contributed by atoms with Crippen molar-refractivity contribution in [2.45, 2.75) is 20.4 Å². The van der Waals surface area contributed by atoms with Crippen LogP contribution in [0.15, 0.2) is 48.7 Å². The summed E-state index contributed by atoms with van der Waals surface area (Å²) in [7, 11) is 4.10. The summed E-state index contributed by atoms with van der Waals surface area (Å²) in [5.74, 6) is 2.43. The lowest BCUT2D eigenvalue weighted by atomic mass is 10.1. The van der Waals surface area contributed by atoms with Gasteiger partial charge < -0.3 is 19.7 Å². The van der Waals surface area contributed by atoms with Gasteiger partial charge in [0.05, 0.1) is 29.1 Å². The van der Waals surface area contributed by atoms with Crippen molar-refractivity contribution in [2.75, 3.05) is 48.8 Å². The molecule has 0 aliphatic carbocycles. The SMILES string of the molecule is Cc1ccc(-c2nc(Nc3ncc(CNc4c(C)cccc4Cl)n3C)nc(N3CCN(C)CC3)n2)cc1. The summed E-state index contributed by atoms with van der Waals surface area (Å²) in [6.07, 6.45) is 1.84. The van der Waals surface area contributed by atoms with Crippen LogP contribution in [0.5, 0.6) is 0 Å². The number of hydrogen-bond donors (Lipinski definition) is 2. The Morgan fingerprint density at radius 2 is 1.68 bits per heavy atom. The van der Waals surface area contributed by atoms with Crippen molar-refractivity contribution in [2.24, 2.45) is 7.05 Å². The van der Waals surface area contributed by atoms with Crippen molar-refractivity contribution < 1.29 is 0 Å². The molecule has 0 spiro atoms. The Kier molecular flexibility index (Phi) is 7.25. The molecule has 37 heavy (non-hydrogen) atoms. The molecule has 0 atom stereocenters. The van der Waals surface area contributed by atoms with Crippen molar-refractivity contribution in [1.82, 2.24) is 29.4 Å². The molecule has 10 heteroatoms. The van der Waals surface area contributed by atoms with Crippen molar-refractivity contribution in [3.8, 4) is 11.4 Å². The van der Waals surface area contributed by atoms with Crippen molar-refractivity contribution >= 4 is 35.1 Å². The minimum absolute atomic E-state index is 0.467. The number of halogens is 1. The number of hydrogen-bond acceptors (Lipinski definition) is 8. The third-order valence-electron chi connectivity index (χ3n) is 6.70. The highest BCUT2D eigenvalue weighted by atomic mass is 35.5. The molecule has 1 aliphatic heterocycles. The predicted octanol–water partition coefficient (Wildman–Crippen LogP) is 4.65. The summed E-state index contributed by atoms with van der Waals surface area (Å²) in [6.45, 7) is 8.35. The lowest BCUT2D eigenvalue weighted by molar-refractivity contribution is 0.311. The van der Waals surface area contributed by atoms with Crippen LogP contribution in [0.2, 0.25) is 5.02 Å². The molecule has 1 saturated heterocycles. The Balaban J connectivity index is 1.40. The highest BCUT2D eigenvalue weighted by Crippen LogP contribution is 2.27. The first kappa shape index (κ1) is 25.0. The molecule has 1 fully saturated rings. The van der Waals surface area contributed by atoms with E-state index in [1.165, 1.54) is 5.56 Å². The highest BCUT2D eigenvalue weighted by molar-refractivity contribution is 6.33. The summed E-state index contributed by atoms with van der Waals surface area (Å²) in [5.41, 5.74) is 5.16. The molecule has 9 nitrogen and oxygen atoms in total. The summed E-state index contributed by atoms with van der Waals surface area (Å²) >= 11 is 6.38. The Hall–Kier alpha value is -3.69. The zero-order valence-corrected chi connectivity index (χ0v) is 22.4. The fraction of sp³-hybridized carbons (Fsp3) is 0.333. The van der Waals surface area contributed by atoms with E-state index in [4.69, 9.17) is 26.6 Å². The second kappa shape index (κ2) is 10.7. The van der Waals surface area contributed by atoms with E-state index >= 15 is 0 Å². The second-order valence-corrected chi connectivity index (χ2v) is 9.89. The van der Waals surface area contributed by atoms with E-state index in [2.05, 4.69) is 51.5 Å². The first-order valence-corrected chi connectivity index (χ1v) is 12.8. The fourth-order valence-electron chi connectivity index (χ4n) is 4.26. The van der Waals surface area contributed by atoms with Crippen molar-refractivity contribution in [1.29, 1.82) is 0 Å². The molecule has 2 aromatic carbocycles. The average molecular weight is 518 g/mol. The maximum Gasteiger partial charge on any atom is 0.234 e. The van der Waals surface area contributed by atoms with Gasteiger partial charge in [0.15, 0.2) is 5.82 Å². The van der Waals surface area contributed by atoms with Gasteiger partial charge >= 0.3 is 0 Å². The monoisotopic (exact) mass is 517 g/mol. The minimum Gasteiger partial charge on any atom is -0.378 e. The summed E-state index contributed by atoms with van der Waals surface area (Å²) < 4.78 is 1.99. The molecule has 192 valence electrons. The Labute approximate surface area is 222 Å². The molecule has 2 aromatic heterocycles. The molecule has 0 saturated carbocycles. The van der Waals surface area contributed by atoms with Crippen molar-refractivity contribution in [3.63, 3.8) is 0 Å². The maximum absolute atomic E-state index is 6.38. The Bertz CT molecular complexity index is 1360. The maximum atomic E-state index is 6.38. The smallest absolute Gasteiger partial charge is 0.234 e. The van der Waals surface area contributed by atoms with Gasteiger partial charge in [0.2, 0.25) is 17.8 Å². The van der Waals surface area contributed by atoms with Gasteiger partial charge in [-0.05, 0) is 32.5 Å². The zero-order chi connectivity index (χ0) is 25.9. The van der Waals surface area contributed by atoms with Crippen LogP contribution in [0.1, 0.15) is 16.8 Å². The zero-order valence-electron chi connectivity index (χ0n) is 21.7. The molecule has 4 aromatic rings. The number of piperazine rings is 1. The molecule has 5 rings (SSSR count). The average Bonchev–Trinajstić information content (AvgIpc) is 3.23. The van der Waals surface area contributed by atoms with E-state index in [0.717, 1.165) is 48.7 Å². The standard InChI is InChI=1S/C27H32ClN9/c1-18-8-10-20(11-9-18)24-31-25(34-27(32-24)37-14-12-35(3)13-15-37)33-26-30-17-21(36(26)4)16-29-23-19(2)6-5-7-22(23)28/h5-11,17,29H,12-16H2,1-4H3,(H,30,31,32,33,34). The second-order valence-electron chi connectivity index (χ2n) is 9.48. The van der Waals surface area contributed by atoms with Crippen LogP contribution in [0.25, 0.3) is 11.4 Å². The van der Waals surface area contributed by atoms with E-state index in [1.54, 1.807) is 0 Å². The number of imidazole rings is 1. The largest absolute Gasteiger partial charge is 0.378 e. The number of rotatable bonds is 7. The number of likely N-dealkylation sites (N-methyl/N-ethyl adjacent to an activating group) is 1. The molecular formula is C27H32ClN9. The van der Waals surface area contributed by atoms with Crippen LogP contribution in [-0.4, -0.2) is 62.6 Å². The van der Waals surface area contributed by atoms with E-state index in [9.17, 15) is 0 Å². The molecule has 0 radical (unpaired) electrons. The number of aryl methyl sites for hydroxylation is 2. The molecular weight excluding hydrogens is 486 g/mol. The first-order valence-electron chi connectivity index (χ1n) is 12.4. The third-order valence-corrected chi connectivity index (χ3v) is 7.01. The first-order chi connectivity index (χ1) is 17.9. The van der Waals surface area contributed by atoms with Gasteiger partial charge in [0.1, 0.15) is 0 Å². The van der Waals surface area contributed by atoms with Gasteiger partial charge in [-0.15, -0.1) is 0 Å². The molecule has 0 unspecified atom stereocenters. The molecule has 3 heterocycles. The molecule has 0 bridgehead atoms. The van der Waals surface area contributed by atoms with E-state index in [0.29, 0.717) is 35.2 Å². The molecule has 1 aliphatic rings. The lowest BCUT2D eigenvalue weighted by Gasteiger charge is -2.32.